The lowest BCUT2D eigenvalue weighted by molar-refractivity contribution is -0.134. The lowest BCUT2D eigenvalue weighted by Gasteiger charge is -2.35. The minimum absolute atomic E-state index is 0.174. The predicted octanol–water partition coefficient (Wildman–Crippen LogP) is 4.21. The van der Waals surface area contributed by atoms with Crippen LogP contribution in [-0.4, -0.2) is 98.9 Å². The second-order valence-corrected chi connectivity index (χ2v) is 15.0. The van der Waals surface area contributed by atoms with Crippen molar-refractivity contribution < 1.29 is 27.5 Å². The molecule has 2 aliphatic rings. The summed E-state index contributed by atoms with van der Waals surface area (Å²) in [7, 11) is -0.342. The zero-order valence-electron chi connectivity index (χ0n) is 27.7. The molecule has 2 saturated heterocycles. The molecule has 0 atom stereocenters. The molecule has 13 heteroatoms. The molecule has 0 unspecified atom stereocenters. The standard InChI is InChI=1S/C33H46N6O6S/c1-33(2,3)25-19-26(31(44-5)27(20-25)35-46(6,42)43)34-32(41)45-29-18-23-10-9-11-24(30(23)36(29)4)21-38-14-16-39(17-15-38)28(40)22-37-12-7-8-13-37/h9-11,18-20,35H,7-8,12-17,21-22H2,1-6H3,(H,34,41). The number of aromatic nitrogens is 1. The number of aryl methyl sites for hydroxylation is 1. The van der Waals surface area contributed by atoms with Gasteiger partial charge in [0.15, 0.2) is 5.75 Å². The summed E-state index contributed by atoms with van der Waals surface area (Å²) in [5, 5.41) is 3.70. The van der Waals surface area contributed by atoms with Crippen LogP contribution in [0.15, 0.2) is 36.4 Å². The number of para-hydroxylation sites is 1. The Balaban J connectivity index is 1.29. The van der Waals surface area contributed by atoms with Crippen LogP contribution in [0, 0.1) is 0 Å². The number of methoxy groups -OCH3 is 1. The Hall–Kier alpha value is -3.81. The molecule has 12 nitrogen and oxygen atoms in total. The van der Waals surface area contributed by atoms with Crippen LogP contribution in [0.1, 0.15) is 44.7 Å². The molecule has 3 aromatic rings. The Labute approximate surface area is 271 Å². The van der Waals surface area contributed by atoms with E-state index >= 15 is 0 Å². The zero-order chi connectivity index (χ0) is 33.2. The number of fused-ring (bicyclic) bond motifs is 1. The normalized spacial score (nSPS) is 16.5. The average molecular weight is 655 g/mol. The van der Waals surface area contributed by atoms with Crippen molar-refractivity contribution in [2.24, 2.45) is 7.05 Å². The molecule has 2 aromatic carbocycles. The number of rotatable bonds is 9. The number of carbonyl (C=O) groups excluding carboxylic acids is 2. The van der Waals surface area contributed by atoms with Crippen molar-refractivity contribution in [1.82, 2.24) is 19.3 Å². The van der Waals surface area contributed by atoms with Crippen LogP contribution in [-0.2, 0) is 33.8 Å². The van der Waals surface area contributed by atoms with E-state index in [0.717, 1.165) is 54.5 Å². The number of sulfonamides is 1. The van der Waals surface area contributed by atoms with Gasteiger partial charge in [-0.3, -0.25) is 24.6 Å². The summed E-state index contributed by atoms with van der Waals surface area (Å²) < 4.78 is 39.8. The fourth-order valence-corrected chi connectivity index (χ4v) is 6.76. The van der Waals surface area contributed by atoms with Gasteiger partial charge in [0.1, 0.15) is 0 Å². The average Bonchev–Trinajstić information content (AvgIpc) is 3.60. The van der Waals surface area contributed by atoms with Crippen LogP contribution < -0.4 is 19.5 Å². The summed E-state index contributed by atoms with van der Waals surface area (Å²) in [5.41, 5.74) is 3.01. The van der Waals surface area contributed by atoms with E-state index in [0.29, 0.717) is 32.1 Å². The highest BCUT2D eigenvalue weighted by molar-refractivity contribution is 7.92. The lowest BCUT2D eigenvalue weighted by Crippen LogP contribution is -2.50. The molecule has 0 bridgehead atoms. The highest BCUT2D eigenvalue weighted by atomic mass is 32.2. The number of anilines is 2. The molecule has 1 aromatic heterocycles. The topological polar surface area (TPSA) is 125 Å². The minimum atomic E-state index is -3.61. The third-order valence-electron chi connectivity index (χ3n) is 8.66. The number of piperazine rings is 1. The van der Waals surface area contributed by atoms with Crippen molar-refractivity contribution in [2.45, 2.75) is 45.6 Å². The Kier molecular flexibility index (Phi) is 9.85. The van der Waals surface area contributed by atoms with Gasteiger partial charge in [-0.25, -0.2) is 13.2 Å². The Bertz CT molecular complexity index is 1700. The summed E-state index contributed by atoms with van der Waals surface area (Å²) in [6.07, 6.45) is 2.67. The van der Waals surface area contributed by atoms with Crippen molar-refractivity contribution in [2.75, 3.05) is 69.2 Å². The first-order valence-corrected chi connectivity index (χ1v) is 17.6. The Morgan fingerprint density at radius 3 is 2.24 bits per heavy atom. The molecule has 0 spiro atoms. The van der Waals surface area contributed by atoms with Crippen molar-refractivity contribution in [3.05, 3.63) is 47.5 Å². The maximum Gasteiger partial charge on any atom is 0.418 e. The number of ether oxygens (including phenoxy) is 2. The third kappa shape index (κ3) is 7.94. The smallest absolute Gasteiger partial charge is 0.418 e. The van der Waals surface area contributed by atoms with Crippen molar-refractivity contribution in [3.8, 4) is 11.6 Å². The van der Waals surface area contributed by atoms with Crippen LogP contribution in [0.5, 0.6) is 11.6 Å². The molecule has 250 valence electrons. The van der Waals surface area contributed by atoms with E-state index in [1.165, 1.54) is 20.0 Å². The largest absolute Gasteiger partial charge is 0.492 e. The van der Waals surface area contributed by atoms with E-state index < -0.39 is 16.1 Å². The first-order valence-electron chi connectivity index (χ1n) is 15.7. The van der Waals surface area contributed by atoms with Crippen LogP contribution in [0.4, 0.5) is 16.2 Å². The molecule has 2 aliphatic heterocycles. The fraction of sp³-hybridized carbons (Fsp3) is 0.515. The monoisotopic (exact) mass is 654 g/mol. The lowest BCUT2D eigenvalue weighted by atomic mass is 9.86. The molecule has 0 saturated carbocycles. The van der Waals surface area contributed by atoms with Crippen molar-refractivity contribution in [3.63, 3.8) is 0 Å². The molecular weight excluding hydrogens is 608 g/mol. The van der Waals surface area contributed by atoms with Crippen molar-refractivity contribution >= 4 is 44.3 Å². The molecule has 3 heterocycles. The number of hydrogen-bond acceptors (Lipinski definition) is 8. The van der Waals surface area contributed by atoms with Gasteiger partial charge in [-0.2, -0.15) is 0 Å². The number of nitrogens with zero attached hydrogens (tertiary/aromatic N) is 4. The van der Waals surface area contributed by atoms with E-state index in [2.05, 4.69) is 25.9 Å². The maximum absolute atomic E-state index is 13.2. The molecule has 0 radical (unpaired) electrons. The van der Waals surface area contributed by atoms with Gasteiger partial charge >= 0.3 is 6.09 Å². The van der Waals surface area contributed by atoms with E-state index in [9.17, 15) is 18.0 Å². The number of amides is 2. The number of benzene rings is 2. The number of hydrogen-bond donors (Lipinski definition) is 2. The maximum atomic E-state index is 13.2. The van der Waals surface area contributed by atoms with Crippen LogP contribution in [0.2, 0.25) is 0 Å². The predicted molar refractivity (Wildman–Crippen MR) is 180 cm³/mol. The SMILES string of the molecule is COc1c(NC(=O)Oc2cc3cccc(CN4CCN(C(=O)CN5CCCC5)CC4)c3n2C)cc(C(C)(C)C)cc1NS(C)(=O)=O. The van der Waals surface area contributed by atoms with Gasteiger partial charge in [0.25, 0.3) is 0 Å². The van der Waals surface area contributed by atoms with Gasteiger partial charge in [-0.05, 0) is 54.6 Å². The number of nitrogens with one attached hydrogen (secondary N) is 2. The summed E-state index contributed by atoms with van der Waals surface area (Å²) in [4.78, 5) is 32.6. The third-order valence-corrected chi connectivity index (χ3v) is 9.25. The minimum Gasteiger partial charge on any atom is -0.492 e. The summed E-state index contributed by atoms with van der Waals surface area (Å²) in [5.74, 6) is 0.752. The van der Waals surface area contributed by atoms with Crippen molar-refractivity contribution in [1.29, 1.82) is 0 Å². The quantitative estimate of drug-likeness (QED) is 0.352. The van der Waals surface area contributed by atoms with Gasteiger partial charge in [-0.15, -0.1) is 0 Å². The van der Waals surface area contributed by atoms with Gasteiger partial charge in [0, 0.05) is 51.2 Å². The molecule has 2 amide bonds. The van der Waals surface area contributed by atoms with Crippen LogP contribution in [0.25, 0.3) is 10.9 Å². The molecular formula is C33H46N6O6S. The first kappa shape index (κ1) is 33.6. The second-order valence-electron chi connectivity index (χ2n) is 13.3. The zero-order valence-corrected chi connectivity index (χ0v) is 28.5. The summed E-state index contributed by atoms with van der Waals surface area (Å²) in [6.45, 7) is 12.2. The number of likely N-dealkylation sites (tertiary alicyclic amines) is 1. The highest BCUT2D eigenvalue weighted by Crippen LogP contribution is 2.39. The summed E-state index contributed by atoms with van der Waals surface area (Å²) in [6, 6.07) is 11.3. The van der Waals surface area contributed by atoms with E-state index in [1.54, 1.807) is 12.1 Å². The van der Waals surface area contributed by atoms with E-state index in [1.807, 2.05) is 55.5 Å². The molecule has 2 fully saturated rings. The van der Waals surface area contributed by atoms with Gasteiger partial charge < -0.3 is 18.9 Å². The van der Waals surface area contributed by atoms with Gasteiger partial charge in [0.2, 0.25) is 21.8 Å². The Morgan fingerprint density at radius 1 is 0.935 bits per heavy atom. The molecule has 5 rings (SSSR count). The van der Waals surface area contributed by atoms with Crippen LogP contribution in [0.3, 0.4) is 0 Å². The Morgan fingerprint density at radius 2 is 1.61 bits per heavy atom. The van der Waals surface area contributed by atoms with E-state index in [4.69, 9.17) is 9.47 Å². The summed E-state index contributed by atoms with van der Waals surface area (Å²) >= 11 is 0. The fourth-order valence-electron chi connectivity index (χ4n) is 6.21. The first-order chi connectivity index (χ1) is 21.7. The number of carbonyl (C=O) groups is 2. The van der Waals surface area contributed by atoms with Gasteiger partial charge in [0.05, 0.1) is 36.8 Å². The highest BCUT2D eigenvalue weighted by Gasteiger charge is 2.26. The molecule has 46 heavy (non-hydrogen) atoms. The van der Waals surface area contributed by atoms with E-state index in [-0.39, 0.29) is 28.4 Å². The molecule has 2 N–H and O–H groups in total. The second kappa shape index (κ2) is 13.5. The van der Waals surface area contributed by atoms with Gasteiger partial charge in [-0.1, -0.05) is 39.0 Å². The van der Waals surface area contributed by atoms with Crippen LogP contribution >= 0.6 is 0 Å². The molecule has 0 aliphatic carbocycles.